The maximum atomic E-state index is 14.0. The Morgan fingerprint density at radius 1 is 1.29 bits per heavy atom. The minimum absolute atomic E-state index is 0.262. The van der Waals surface area contributed by atoms with E-state index in [1.807, 2.05) is 27.7 Å². The van der Waals surface area contributed by atoms with E-state index in [0.717, 1.165) is 12.1 Å². The van der Waals surface area contributed by atoms with E-state index >= 15 is 0 Å². The molecular weight excluding hydrogens is 291 g/mol. The third kappa shape index (κ3) is 4.02. The normalized spacial score (nSPS) is 12.9. The third-order valence-corrected chi connectivity index (χ3v) is 6.01. The van der Waals surface area contributed by atoms with Crippen LogP contribution in [-0.4, -0.2) is 31.9 Å². The van der Waals surface area contributed by atoms with Gasteiger partial charge in [0.15, 0.2) is 0 Å². The molecule has 0 heterocycles. The first kappa shape index (κ1) is 18.1. The fourth-order valence-electron chi connectivity index (χ4n) is 1.82. The summed E-state index contributed by atoms with van der Waals surface area (Å²) >= 11 is 0. The number of hydrogen-bond donors (Lipinski definition) is 1. The second kappa shape index (κ2) is 6.85. The summed E-state index contributed by atoms with van der Waals surface area (Å²) in [6, 6.07) is 4.23. The molecule has 6 heteroatoms. The molecule has 0 aliphatic heterocycles. The molecule has 0 aromatic heterocycles. The summed E-state index contributed by atoms with van der Waals surface area (Å²) in [6.07, 6.45) is 0.640. The number of nitrogens with zero attached hydrogens (tertiary/aromatic N) is 1. The van der Waals surface area contributed by atoms with E-state index in [2.05, 4.69) is 5.32 Å². The average Bonchev–Trinajstić information content (AvgIpc) is 2.45. The molecule has 1 aromatic carbocycles. The summed E-state index contributed by atoms with van der Waals surface area (Å²) in [5, 5.41) is 3.10. The van der Waals surface area contributed by atoms with E-state index in [9.17, 15) is 12.8 Å². The van der Waals surface area contributed by atoms with E-state index in [0.29, 0.717) is 13.0 Å². The summed E-state index contributed by atoms with van der Waals surface area (Å²) in [5.74, 6) is -0.714. The molecule has 0 radical (unpaired) electrons. The second-order valence-electron chi connectivity index (χ2n) is 5.68. The van der Waals surface area contributed by atoms with Gasteiger partial charge in [-0.15, -0.1) is 0 Å². The molecule has 0 aliphatic carbocycles. The largest absolute Gasteiger partial charge is 0.313 e. The van der Waals surface area contributed by atoms with Crippen molar-refractivity contribution >= 4 is 10.0 Å². The molecule has 21 heavy (non-hydrogen) atoms. The van der Waals surface area contributed by atoms with Gasteiger partial charge >= 0.3 is 0 Å². The van der Waals surface area contributed by atoms with Crippen LogP contribution in [-0.2, 0) is 16.6 Å². The highest BCUT2D eigenvalue weighted by Gasteiger charge is 2.34. The predicted molar refractivity (Wildman–Crippen MR) is 83.1 cm³/mol. The zero-order valence-electron chi connectivity index (χ0n) is 13.4. The summed E-state index contributed by atoms with van der Waals surface area (Å²) < 4.78 is 40.6. The smallest absolute Gasteiger partial charge is 0.246 e. The Labute approximate surface area is 127 Å². The van der Waals surface area contributed by atoms with E-state index in [1.54, 1.807) is 6.07 Å². The van der Waals surface area contributed by atoms with Crippen LogP contribution in [0.5, 0.6) is 0 Å². The fraction of sp³-hybridized carbons (Fsp3) is 0.600. The maximum Gasteiger partial charge on any atom is 0.246 e. The molecule has 0 atom stereocenters. The van der Waals surface area contributed by atoms with Gasteiger partial charge in [0.05, 0.1) is 0 Å². The van der Waals surface area contributed by atoms with Gasteiger partial charge < -0.3 is 5.32 Å². The Morgan fingerprint density at radius 3 is 2.43 bits per heavy atom. The number of halogens is 1. The van der Waals surface area contributed by atoms with Gasteiger partial charge in [-0.3, -0.25) is 0 Å². The van der Waals surface area contributed by atoms with E-state index in [-0.39, 0.29) is 4.90 Å². The molecule has 1 aromatic rings. The second-order valence-corrected chi connectivity index (χ2v) is 7.62. The Balaban J connectivity index is 3.24. The molecule has 1 N–H and O–H groups in total. The SMILES string of the molecule is CCNCc1ccc(F)c(S(=O)(=O)N(C)C(C)(C)CC)c1. The Hall–Kier alpha value is -0.980. The van der Waals surface area contributed by atoms with E-state index < -0.39 is 21.4 Å². The van der Waals surface area contributed by atoms with Gasteiger partial charge in [0, 0.05) is 19.1 Å². The van der Waals surface area contributed by atoms with Crippen LogP contribution in [0.4, 0.5) is 4.39 Å². The number of benzene rings is 1. The highest BCUT2D eigenvalue weighted by Crippen LogP contribution is 2.27. The first-order chi connectivity index (χ1) is 9.66. The van der Waals surface area contributed by atoms with Gasteiger partial charge in [-0.25, -0.2) is 12.8 Å². The summed E-state index contributed by atoms with van der Waals surface area (Å²) in [5.41, 5.74) is 0.183. The van der Waals surface area contributed by atoms with Crippen LogP contribution in [0.2, 0.25) is 0 Å². The minimum Gasteiger partial charge on any atom is -0.313 e. The molecule has 0 amide bonds. The van der Waals surface area contributed by atoms with Crippen molar-refractivity contribution in [3.63, 3.8) is 0 Å². The van der Waals surface area contributed by atoms with Crippen molar-refractivity contribution in [3.05, 3.63) is 29.6 Å². The molecule has 120 valence electrons. The third-order valence-electron chi connectivity index (χ3n) is 3.93. The highest BCUT2D eigenvalue weighted by molar-refractivity contribution is 7.89. The van der Waals surface area contributed by atoms with Crippen LogP contribution < -0.4 is 5.32 Å². The van der Waals surface area contributed by atoms with Crippen molar-refractivity contribution in [2.45, 2.75) is 51.1 Å². The van der Waals surface area contributed by atoms with Gasteiger partial charge in [0.1, 0.15) is 10.7 Å². The molecule has 0 aliphatic rings. The number of hydrogen-bond acceptors (Lipinski definition) is 3. The molecule has 0 saturated heterocycles. The van der Waals surface area contributed by atoms with E-state index in [4.69, 9.17) is 0 Å². The quantitative estimate of drug-likeness (QED) is 0.841. The standard InChI is InChI=1S/C15H25FN2O2S/c1-6-15(3,4)18(5)21(19,20)14-10-12(11-17-7-2)8-9-13(14)16/h8-10,17H,6-7,11H2,1-5H3. The lowest BCUT2D eigenvalue weighted by molar-refractivity contribution is 0.256. The number of rotatable bonds is 7. The molecule has 0 bridgehead atoms. The van der Waals surface area contributed by atoms with Crippen molar-refractivity contribution in [1.82, 2.24) is 9.62 Å². The maximum absolute atomic E-state index is 14.0. The summed E-state index contributed by atoms with van der Waals surface area (Å²) in [7, 11) is -2.36. The van der Waals surface area contributed by atoms with Crippen LogP contribution in [0.3, 0.4) is 0 Å². The average molecular weight is 316 g/mol. The molecule has 1 rings (SSSR count). The van der Waals surface area contributed by atoms with Gasteiger partial charge in [0.25, 0.3) is 0 Å². The van der Waals surface area contributed by atoms with Gasteiger partial charge in [0.2, 0.25) is 10.0 Å². The molecule has 0 spiro atoms. The molecule has 4 nitrogen and oxygen atoms in total. The zero-order chi connectivity index (χ0) is 16.3. The van der Waals surface area contributed by atoms with Crippen molar-refractivity contribution in [1.29, 1.82) is 0 Å². The fourth-order valence-corrected chi connectivity index (χ4v) is 3.51. The lowest BCUT2D eigenvalue weighted by Crippen LogP contribution is -2.44. The number of nitrogens with one attached hydrogen (secondary N) is 1. The van der Waals surface area contributed by atoms with Crippen LogP contribution >= 0.6 is 0 Å². The highest BCUT2D eigenvalue weighted by atomic mass is 32.2. The van der Waals surface area contributed by atoms with Crippen molar-refractivity contribution in [2.75, 3.05) is 13.6 Å². The van der Waals surface area contributed by atoms with Crippen molar-refractivity contribution in [3.8, 4) is 0 Å². The van der Waals surface area contributed by atoms with Gasteiger partial charge in [-0.1, -0.05) is 19.9 Å². The first-order valence-electron chi connectivity index (χ1n) is 7.15. The van der Waals surface area contributed by atoms with Crippen LogP contribution in [0.25, 0.3) is 0 Å². The van der Waals surface area contributed by atoms with Gasteiger partial charge in [-0.2, -0.15) is 4.31 Å². The zero-order valence-corrected chi connectivity index (χ0v) is 14.2. The van der Waals surface area contributed by atoms with Crippen LogP contribution in [0, 0.1) is 5.82 Å². The first-order valence-corrected chi connectivity index (χ1v) is 8.59. The Morgan fingerprint density at radius 2 is 1.90 bits per heavy atom. The summed E-state index contributed by atoms with van der Waals surface area (Å²) in [6.45, 7) is 8.79. The van der Waals surface area contributed by atoms with Crippen LogP contribution in [0.1, 0.15) is 39.7 Å². The molecular formula is C15H25FN2O2S. The van der Waals surface area contributed by atoms with E-state index in [1.165, 1.54) is 23.5 Å². The topological polar surface area (TPSA) is 49.4 Å². The molecule has 0 fully saturated rings. The predicted octanol–water partition coefficient (Wildman–Crippen LogP) is 2.74. The monoisotopic (exact) mass is 316 g/mol. The Bertz CT molecular complexity index is 585. The Kier molecular flexibility index (Phi) is 5.90. The van der Waals surface area contributed by atoms with Crippen LogP contribution in [0.15, 0.2) is 23.1 Å². The van der Waals surface area contributed by atoms with Crippen molar-refractivity contribution < 1.29 is 12.8 Å². The lowest BCUT2D eigenvalue weighted by atomic mass is 10.0. The molecule has 0 saturated carbocycles. The number of sulfonamides is 1. The summed E-state index contributed by atoms with van der Waals surface area (Å²) in [4.78, 5) is -0.262. The van der Waals surface area contributed by atoms with Gasteiger partial charge in [-0.05, 0) is 44.5 Å². The minimum atomic E-state index is -3.86. The molecule has 0 unspecified atom stereocenters. The van der Waals surface area contributed by atoms with Crippen molar-refractivity contribution in [2.24, 2.45) is 0 Å². The lowest BCUT2D eigenvalue weighted by Gasteiger charge is -2.33.